The summed E-state index contributed by atoms with van der Waals surface area (Å²) in [7, 11) is 1.60. The third kappa shape index (κ3) is 4.36. The summed E-state index contributed by atoms with van der Waals surface area (Å²) in [5.74, 6) is 0.335. The standard InChI is InChI=1S/C24H29N3O4/c1-31-21-9-5-3-7-18(21)22(27-12-10-26(11-13-27)14-15-28)24(30)23(29)19-16-25-20-8-4-2-6-17(19)20/h2-9,16,22,24-25,28,30H,10-15H2,1H3. The number of ether oxygens (including phenoxy) is 1. The number of benzene rings is 2. The largest absolute Gasteiger partial charge is 0.496 e. The van der Waals surface area contributed by atoms with Gasteiger partial charge in [0.05, 0.1) is 19.8 Å². The molecule has 1 aliphatic rings. The molecule has 0 amide bonds. The van der Waals surface area contributed by atoms with Crippen LogP contribution in [-0.4, -0.2) is 83.3 Å². The molecule has 3 N–H and O–H groups in total. The van der Waals surface area contributed by atoms with E-state index in [1.54, 1.807) is 13.3 Å². The summed E-state index contributed by atoms with van der Waals surface area (Å²) in [6.45, 7) is 3.64. The fraction of sp³-hybridized carbons (Fsp3) is 0.375. The summed E-state index contributed by atoms with van der Waals surface area (Å²) >= 11 is 0. The predicted octanol–water partition coefficient (Wildman–Crippen LogP) is 2.07. The van der Waals surface area contributed by atoms with E-state index in [1.165, 1.54) is 0 Å². The molecule has 1 aliphatic heterocycles. The molecule has 1 fully saturated rings. The number of carbonyl (C=O) groups is 1. The normalized spacial score (nSPS) is 17.5. The Kier molecular flexibility index (Phi) is 6.67. The van der Waals surface area contributed by atoms with Crippen LogP contribution in [0.15, 0.2) is 54.7 Å². The Morgan fingerprint density at radius 2 is 1.81 bits per heavy atom. The minimum Gasteiger partial charge on any atom is -0.496 e. The lowest BCUT2D eigenvalue weighted by molar-refractivity contribution is 0.0161. The van der Waals surface area contributed by atoms with Crippen molar-refractivity contribution in [1.29, 1.82) is 0 Å². The van der Waals surface area contributed by atoms with Crippen LogP contribution >= 0.6 is 0 Å². The van der Waals surface area contributed by atoms with Gasteiger partial charge in [0.15, 0.2) is 5.78 Å². The number of aromatic amines is 1. The second-order valence-electron chi connectivity index (χ2n) is 7.85. The molecule has 2 aromatic carbocycles. The molecular weight excluding hydrogens is 394 g/mol. The van der Waals surface area contributed by atoms with Gasteiger partial charge < -0.3 is 19.9 Å². The van der Waals surface area contributed by atoms with E-state index in [9.17, 15) is 15.0 Å². The monoisotopic (exact) mass is 423 g/mol. The van der Waals surface area contributed by atoms with Gasteiger partial charge in [0, 0.05) is 61.0 Å². The number of hydrogen-bond donors (Lipinski definition) is 3. The molecule has 4 rings (SSSR count). The minimum atomic E-state index is -1.25. The van der Waals surface area contributed by atoms with Gasteiger partial charge in [0.2, 0.25) is 0 Å². The van der Waals surface area contributed by atoms with Crippen molar-refractivity contribution >= 4 is 16.7 Å². The molecular formula is C24H29N3O4. The molecule has 7 nitrogen and oxygen atoms in total. The van der Waals surface area contributed by atoms with E-state index in [0.717, 1.165) is 29.6 Å². The number of Topliss-reactive ketones (excluding diaryl/α,β-unsaturated/α-hetero) is 1. The van der Waals surface area contributed by atoms with Crippen molar-refractivity contribution in [2.75, 3.05) is 46.4 Å². The lowest BCUT2D eigenvalue weighted by atomic mass is 9.92. The summed E-state index contributed by atoms with van der Waals surface area (Å²) in [4.78, 5) is 20.9. The van der Waals surface area contributed by atoms with Gasteiger partial charge in [-0.25, -0.2) is 0 Å². The van der Waals surface area contributed by atoms with E-state index in [-0.39, 0.29) is 12.4 Å². The van der Waals surface area contributed by atoms with Crippen LogP contribution < -0.4 is 4.74 Å². The number of para-hydroxylation sites is 2. The number of aliphatic hydroxyl groups is 2. The molecule has 164 valence electrons. The Morgan fingerprint density at radius 3 is 2.55 bits per heavy atom. The number of rotatable bonds is 8. The molecule has 0 radical (unpaired) electrons. The number of nitrogens with one attached hydrogen (secondary N) is 1. The first-order chi connectivity index (χ1) is 15.1. The summed E-state index contributed by atoms with van der Waals surface area (Å²) < 4.78 is 5.57. The molecule has 0 spiro atoms. The van der Waals surface area contributed by atoms with Crippen LogP contribution in [0.3, 0.4) is 0 Å². The summed E-state index contributed by atoms with van der Waals surface area (Å²) in [6.07, 6.45) is 0.425. The van der Waals surface area contributed by atoms with Gasteiger partial charge >= 0.3 is 0 Å². The molecule has 0 saturated carbocycles. The van der Waals surface area contributed by atoms with Gasteiger partial charge in [-0.05, 0) is 12.1 Å². The van der Waals surface area contributed by atoms with Crippen LogP contribution in [0, 0.1) is 0 Å². The Balaban J connectivity index is 1.67. The van der Waals surface area contributed by atoms with E-state index in [2.05, 4.69) is 14.8 Å². The first-order valence-corrected chi connectivity index (χ1v) is 10.6. The van der Waals surface area contributed by atoms with E-state index in [1.807, 2.05) is 48.5 Å². The molecule has 0 bridgehead atoms. The molecule has 2 heterocycles. The number of aliphatic hydroxyl groups excluding tert-OH is 2. The molecule has 2 atom stereocenters. The second kappa shape index (κ2) is 9.62. The topological polar surface area (TPSA) is 89.0 Å². The van der Waals surface area contributed by atoms with Gasteiger partial charge in [-0.1, -0.05) is 36.4 Å². The van der Waals surface area contributed by atoms with E-state index < -0.39 is 12.1 Å². The number of aromatic nitrogens is 1. The van der Waals surface area contributed by atoms with Crippen molar-refractivity contribution in [1.82, 2.24) is 14.8 Å². The number of nitrogens with zero attached hydrogens (tertiary/aromatic N) is 2. The van der Waals surface area contributed by atoms with Crippen LogP contribution in [0.25, 0.3) is 10.9 Å². The summed E-state index contributed by atoms with van der Waals surface area (Å²) in [6, 6.07) is 14.6. The van der Waals surface area contributed by atoms with Gasteiger partial charge in [-0.15, -0.1) is 0 Å². The van der Waals surface area contributed by atoms with Gasteiger partial charge in [0.1, 0.15) is 11.9 Å². The quantitative estimate of drug-likeness (QED) is 0.481. The van der Waals surface area contributed by atoms with E-state index in [4.69, 9.17) is 4.74 Å². The number of hydrogen-bond acceptors (Lipinski definition) is 6. The lowest BCUT2D eigenvalue weighted by Gasteiger charge is -2.41. The molecule has 31 heavy (non-hydrogen) atoms. The minimum absolute atomic E-state index is 0.123. The molecule has 3 aromatic rings. The third-order valence-corrected chi connectivity index (χ3v) is 6.10. The molecule has 1 saturated heterocycles. The van der Waals surface area contributed by atoms with Gasteiger partial charge in [-0.2, -0.15) is 0 Å². The predicted molar refractivity (Wildman–Crippen MR) is 119 cm³/mol. The Hall–Kier alpha value is -2.71. The average molecular weight is 424 g/mol. The number of fused-ring (bicyclic) bond motifs is 1. The first kappa shape index (κ1) is 21.5. The van der Waals surface area contributed by atoms with E-state index >= 15 is 0 Å². The maximum Gasteiger partial charge on any atom is 0.195 e. The van der Waals surface area contributed by atoms with Crippen molar-refractivity contribution < 1.29 is 19.7 Å². The Morgan fingerprint density at radius 1 is 1.10 bits per heavy atom. The summed E-state index contributed by atoms with van der Waals surface area (Å²) in [5, 5.41) is 21.4. The summed E-state index contributed by atoms with van der Waals surface area (Å²) in [5.41, 5.74) is 2.15. The number of methoxy groups -OCH3 is 1. The highest BCUT2D eigenvalue weighted by Gasteiger charge is 2.37. The number of ketones is 1. The number of carbonyl (C=O) groups excluding carboxylic acids is 1. The first-order valence-electron chi connectivity index (χ1n) is 10.6. The number of piperazine rings is 1. The molecule has 0 aliphatic carbocycles. The smallest absolute Gasteiger partial charge is 0.195 e. The van der Waals surface area contributed by atoms with Crippen LogP contribution in [0.5, 0.6) is 5.75 Å². The molecule has 1 aromatic heterocycles. The second-order valence-corrected chi connectivity index (χ2v) is 7.85. The van der Waals surface area contributed by atoms with Crippen molar-refractivity contribution in [2.24, 2.45) is 0 Å². The highest BCUT2D eigenvalue weighted by molar-refractivity contribution is 6.10. The average Bonchev–Trinajstić information content (AvgIpc) is 3.24. The highest BCUT2D eigenvalue weighted by Crippen LogP contribution is 2.34. The van der Waals surface area contributed by atoms with E-state index in [0.29, 0.717) is 30.9 Å². The maximum atomic E-state index is 13.5. The Labute approximate surface area is 181 Å². The molecule has 2 unspecified atom stereocenters. The zero-order valence-corrected chi connectivity index (χ0v) is 17.7. The van der Waals surface area contributed by atoms with Crippen molar-refractivity contribution in [3.63, 3.8) is 0 Å². The zero-order valence-electron chi connectivity index (χ0n) is 17.7. The number of H-pyrrole nitrogens is 1. The van der Waals surface area contributed by atoms with Crippen LogP contribution in [0.4, 0.5) is 0 Å². The fourth-order valence-electron chi connectivity index (χ4n) is 4.46. The Bertz CT molecular complexity index is 1030. The van der Waals surface area contributed by atoms with Crippen LogP contribution in [0.1, 0.15) is 22.0 Å². The third-order valence-electron chi connectivity index (χ3n) is 6.10. The van der Waals surface area contributed by atoms with Crippen molar-refractivity contribution in [2.45, 2.75) is 12.1 Å². The number of β-amino-alcohol motifs (C(OH)–C–C–N with tert-alkyl or cyclic N) is 1. The van der Waals surface area contributed by atoms with Gasteiger partial charge in [0.25, 0.3) is 0 Å². The van der Waals surface area contributed by atoms with Crippen LogP contribution in [0.2, 0.25) is 0 Å². The SMILES string of the molecule is COc1ccccc1C(C(O)C(=O)c1c[nH]c2ccccc12)N1CCN(CCO)CC1. The maximum absolute atomic E-state index is 13.5. The zero-order chi connectivity index (χ0) is 21.8. The fourth-order valence-corrected chi connectivity index (χ4v) is 4.46. The van der Waals surface area contributed by atoms with Crippen molar-refractivity contribution in [3.05, 3.63) is 65.9 Å². The lowest BCUT2D eigenvalue weighted by Crippen LogP contribution is -2.51. The van der Waals surface area contributed by atoms with Crippen LogP contribution in [-0.2, 0) is 0 Å². The highest BCUT2D eigenvalue weighted by atomic mass is 16.5. The molecule has 7 heteroatoms. The van der Waals surface area contributed by atoms with Crippen molar-refractivity contribution in [3.8, 4) is 5.75 Å². The van der Waals surface area contributed by atoms with Gasteiger partial charge in [-0.3, -0.25) is 14.6 Å².